The summed E-state index contributed by atoms with van der Waals surface area (Å²) in [4.78, 5) is 8.92. The molecule has 2 aromatic rings. The fraction of sp³-hybridized carbons (Fsp3) is 0.300. The van der Waals surface area contributed by atoms with Crippen LogP contribution in [0.2, 0.25) is 0 Å². The predicted octanol–water partition coefficient (Wildman–Crippen LogP) is 2.61. The third kappa shape index (κ3) is 1.87. The van der Waals surface area contributed by atoms with E-state index in [1.165, 1.54) is 11.5 Å². The van der Waals surface area contributed by atoms with Crippen LogP contribution in [0.1, 0.15) is 18.2 Å². The summed E-state index contributed by atoms with van der Waals surface area (Å²) >= 11 is 1.27. The molecule has 2 aromatic heterocycles. The van der Waals surface area contributed by atoms with E-state index in [0.29, 0.717) is 17.8 Å². The molecule has 0 saturated carbocycles. The molecule has 0 bridgehead atoms. The minimum absolute atomic E-state index is 0.428. The molecule has 0 saturated heterocycles. The summed E-state index contributed by atoms with van der Waals surface area (Å²) in [6.45, 7) is 3.65. The summed E-state index contributed by atoms with van der Waals surface area (Å²) in [5, 5.41) is 0. The van der Waals surface area contributed by atoms with Crippen LogP contribution in [-0.4, -0.2) is 14.3 Å². The summed E-state index contributed by atoms with van der Waals surface area (Å²) in [6, 6.07) is 1.79. The molecule has 2 heterocycles. The lowest BCUT2D eigenvalue weighted by molar-refractivity contribution is 0.567. The lowest BCUT2D eigenvalue weighted by atomic mass is 10.2. The third-order valence-electron chi connectivity index (χ3n) is 2.18. The van der Waals surface area contributed by atoms with Crippen LogP contribution in [0, 0.1) is 12.9 Å². The van der Waals surface area contributed by atoms with Crippen molar-refractivity contribution in [1.29, 1.82) is 0 Å². The number of halogens is 1. The summed E-state index contributed by atoms with van der Waals surface area (Å²) in [5.74, 6) is -0.0114. The SMILES string of the molecule is CCc1nc(-c2ccns2)nc(F)c1C. The van der Waals surface area contributed by atoms with Crippen molar-refractivity contribution in [2.75, 3.05) is 0 Å². The minimum Gasteiger partial charge on any atom is -0.232 e. The molecule has 0 N–H and O–H groups in total. The summed E-state index contributed by atoms with van der Waals surface area (Å²) in [5.41, 5.74) is 1.29. The largest absolute Gasteiger partial charge is 0.232 e. The molecule has 3 nitrogen and oxygen atoms in total. The Morgan fingerprint density at radius 3 is 2.80 bits per heavy atom. The van der Waals surface area contributed by atoms with Gasteiger partial charge < -0.3 is 0 Å². The second-order valence-corrected chi connectivity index (χ2v) is 3.97. The monoisotopic (exact) mass is 223 g/mol. The van der Waals surface area contributed by atoms with Crippen molar-refractivity contribution in [2.24, 2.45) is 0 Å². The average molecular weight is 223 g/mol. The van der Waals surface area contributed by atoms with Crippen molar-refractivity contribution < 1.29 is 4.39 Å². The molecular weight excluding hydrogens is 213 g/mol. The van der Waals surface area contributed by atoms with Gasteiger partial charge in [0.1, 0.15) is 0 Å². The van der Waals surface area contributed by atoms with E-state index in [0.717, 1.165) is 10.6 Å². The Morgan fingerprint density at radius 1 is 1.40 bits per heavy atom. The lowest BCUT2D eigenvalue weighted by Crippen LogP contribution is -2.01. The topological polar surface area (TPSA) is 38.7 Å². The molecular formula is C10H10FN3S. The van der Waals surface area contributed by atoms with Crippen LogP contribution in [-0.2, 0) is 6.42 Å². The van der Waals surface area contributed by atoms with Gasteiger partial charge in [0, 0.05) is 11.8 Å². The third-order valence-corrected chi connectivity index (χ3v) is 2.92. The van der Waals surface area contributed by atoms with E-state index in [-0.39, 0.29) is 0 Å². The van der Waals surface area contributed by atoms with Gasteiger partial charge in [0.2, 0.25) is 5.95 Å². The van der Waals surface area contributed by atoms with Crippen molar-refractivity contribution in [3.63, 3.8) is 0 Å². The van der Waals surface area contributed by atoms with Gasteiger partial charge in [0.15, 0.2) is 5.82 Å². The number of nitrogens with zero attached hydrogens (tertiary/aromatic N) is 3. The standard InChI is InChI=1S/C10H10FN3S/c1-3-7-6(2)9(11)14-10(13-7)8-4-5-12-15-8/h4-5H,3H2,1-2H3. The van der Waals surface area contributed by atoms with Gasteiger partial charge in [-0.25, -0.2) is 9.36 Å². The Labute approximate surface area is 91.2 Å². The quantitative estimate of drug-likeness (QED) is 0.734. The molecule has 5 heteroatoms. The van der Waals surface area contributed by atoms with Crippen molar-refractivity contribution in [3.05, 3.63) is 29.5 Å². The Balaban J connectivity index is 2.55. The van der Waals surface area contributed by atoms with E-state index in [9.17, 15) is 4.39 Å². The fourth-order valence-electron chi connectivity index (χ4n) is 1.32. The maximum absolute atomic E-state index is 13.5. The smallest absolute Gasteiger partial charge is 0.219 e. The number of hydrogen-bond donors (Lipinski definition) is 0. The van der Waals surface area contributed by atoms with Crippen LogP contribution >= 0.6 is 11.5 Å². The minimum atomic E-state index is -0.440. The van der Waals surface area contributed by atoms with Crippen molar-refractivity contribution in [2.45, 2.75) is 20.3 Å². The van der Waals surface area contributed by atoms with Gasteiger partial charge in [-0.2, -0.15) is 9.37 Å². The normalized spacial score (nSPS) is 10.6. The summed E-state index contributed by atoms with van der Waals surface area (Å²) in [6.07, 6.45) is 2.36. The highest BCUT2D eigenvalue weighted by Crippen LogP contribution is 2.21. The van der Waals surface area contributed by atoms with Crippen molar-refractivity contribution >= 4 is 11.5 Å². The zero-order chi connectivity index (χ0) is 10.8. The zero-order valence-electron chi connectivity index (χ0n) is 8.49. The molecule has 2 rings (SSSR count). The first-order chi connectivity index (χ1) is 7.22. The maximum Gasteiger partial charge on any atom is 0.219 e. The molecule has 0 aromatic carbocycles. The number of aromatic nitrogens is 3. The van der Waals surface area contributed by atoms with E-state index < -0.39 is 5.95 Å². The Hall–Kier alpha value is -1.36. The van der Waals surface area contributed by atoms with E-state index in [1.54, 1.807) is 19.2 Å². The van der Waals surface area contributed by atoms with Gasteiger partial charge in [-0.15, -0.1) is 0 Å². The lowest BCUT2D eigenvalue weighted by Gasteiger charge is -2.04. The first-order valence-electron chi connectivity index (χ1n) is 4.66. The van der Waals surface area contributed by atoms with Crippen LogP contribution in [0.3, 0.4) is 0 Å². The molecule has 0 aliphatic rings. The van der Waals surface area contributed by atoms with E-state index in [1.807, 2.05) is 6.92 Å². The van der Waals surface area contributed by atoms with Crippen molar-refractivity contribution in [1.82, 2.24) is 14.3 Å². The Kier molecular flexibility index (Phi) is 2.73. The van der Waals surface area contributed by atoms with E-state index in [2.05, 4.69) is 14.3 Å². The Morgan fingerprint density at radius 2 is 2.20 bits per heavy atom. The van der Waals surface area contributed by atoms with Gasteiger partial charge in [0.25, 0.3) is 0 Å². The Bertz CT molecular complexity index is 468. The molecule has 0 amide bonds. The molecule has 15 heavy (non-hydrogen) atoms. The number of hydrogen-bond acceptors (Lipinski definition) is 4. The zero-order valence-corrected chi connectivity index (χ0v) is 9.31. The van der Waals surface area contributed by atoms with Gasteiger partial charge in [0.05, 0.1) is 10.6 Å². The van der Waals surface area contributed by atoms with Gasteiger partial charge in [-0.05, 0) is 30.9 Å². The first kappa shape index (κ1) is 10.2. The van der Waals surface area contributed by atoms with Crippen LogP contribution in [0.15, 0.2) is 12.3 Å². The molecule has 0 radical (unpaired) electrons. The predicted molar refractivity (Wildman–Crippen MR) is 57.2 cm³/mol. The first-order valence-corrected chi connectivity index (χ1v) is 5.43. The highest BCUT2D eigenvalue weighted by atomic mass is 32.1. The van der Waals surface area contributed by atoms with Crippen molar-refractivity contribution in [3.8, 4) is 10.7 Å². The van der Waals surface area contributed by atoms with Gasteiger partial charge in [-0.1, -0.05) is 6.92 Å². The average Bonchev–Trinajstić information content (AvgIpc) is 2.75. The summed E-state index contributed by atoms with van der Waals surface area (Å²) < 4.78 is 17.4. The van der Waals surface area contributed by atoms with E-state index in [4.69, 9.17) is 0 Å². The van der Waals surface area contributed by atoms with Crippen LogP contribution < -0.4 is 0 Å². The molecule has 0 fully saturated rings. The second-order valence-electron chi connectivity index (χ2n) is 3.14. The highest BCUT2D eigenvalue weighted by Gasteiger charge is 2.11. The maximum atomic E-state index is 13.5. The highest BCUT2D eigenvalue weighted by molar-refractivity contribution is 7.09. The van der Waals surface area contributed by atoms with Crippen LogP contribution in [0.25, 0.3) is 10.7 Å². The van der Waals surface area contributed by atoms with Gasteiger partial charge in [-0.3, -0.25) is 0 Å². The van der Waals surface area contributed by atoms with E-state index >= 15 is 0 Å². The van der Waals surface area contributed by atoms with Crippen LogP contribution in [0.5, 0.6) is 0 Å². The van der Waals surface area contributed by atoms with Gasteiger partial charge >= 0.3 is 0 Å². The molecule has 0 spiro atoms. The fourth-order valence-corrected chi connectivity index (χ4v) is 1.85. The molecule has 0 aliphatic heterocycles. The molecule has 0 unspecified atom stereocenters. The molecule has 0 aliphatic carbocycles. The summed E-state index contributed by atoms with van der Waals surface area (Å²) in [7, 11) is 0. The second kappa shape index (κ2) is 4.02. The number of aryl methyl sites for hydroxylation is 1. The number of rotatable bonds is 2. The molecule has 78 valence electrons. The molecule has 0 atom stereocenters. The van der Waals surface area contributed by atoms with Crippen LogP contribution in [0.4, 0.5) is 4.39 Å².